The van der Waals surface area contributed by atoms with Gasteiger partial charge in [0, 0.05) is 5.41 Å². The van der Waals surface area contributed by atoms with Crippen LogP contribution >= 0.6 is 0 Å². The molecule has 1 fully saturated rings. The summed E-state index contributed by atoms with van der Waals surface area (Å²) in [5, 5.41) is 0. The minimum absolute atomic E-state index is 0.190. The third-order valence-corrected chi connectivity index (χ3v) is 11.1. The van der Waals surface area contributed by atoms with Crippen molar-refractivity contribution in [1.29, 1.82) is 0 Å². The van der Waals surface area contributed by atoms with Gasteiger partial charge in [-0.25, -0.2) is 8.42 Å². The summed E-state index contributed by atoms with van der Waals surface area (Å²) in [4.78, 5) is 3.53. The highest BCUT2D eigenvalue weighted by Gasteiger charge is 2.45. The van der Waals surface area contributed by atoms with Crippen molar-refractivity contribution in [3.05, 3.63) is 84.9 Å². The Balaban J connectivity index is 0.00000106. The van der Waals surface area contributed by atoms with E-state index in [0.29, 0.717) is 5.75 Å². The van der Waals surface area contributed by atoms with Gasteiger partial charge in [0.15, 0.2) is 20.5 Å². The van der Waals surface area contributed by atoms with Crippen LogP contribution in [0.15, 0.2) is 99.6 Å². The van der Waals surface area contributed by atoms with Gasteiger partial charge in [-0.2, -0.15) is 0 Å². The first kappa shape index (κ1) is 43.6. The molecule has 1 aliphatic heterocycles. The highest BCUT2D eigenvalue weighted by Crippen LogP contribution is 2.36. The Morgan fingerprint density at radius 2 is 1.00 bits per heavy atom. The first-order valence-corrected chi connectivity index (χ1v) is 18.9. The van der Waals surface area contributed by atoms with Crippen molar-refractivity contribution in [2.75, 3.05) is 13.2 Å². The van der Waals surface area contributed by atoms with Crippen LogP contribution < -0.4 is 4.74 Å². The maximum absolute atomic E-state index is 11.7. The molecule has 4 rings (SSSR count). The van der Waals surface area contributed by atoms with Crippen molar-refractivity contribution in [3.63, 3.8) is 0 Å². The molecule has 0 bridgehead atoms. The lowest BCUT2D eigenvalue weighted by atomic mass is 9.93. The van der Waals surface area contributed by atoms with Gasteiger partial charge < -0.3 is 18.8 Å². The summed E-state index contributed by atoms with van der Waals surface area (Å²) in [6.07, 6.45) is 0. The summed E-state index contributed by atoms with van der Waals surface area (Å²) in [6, 6.07) is 28.2. The molecule has 260 valence electrons. The number of hydrogen-bond acceptors (Lipinski definition) is 6. The van der Waals surface area contributed by atoms with E-state index < -0.39 is 20.5 Å². The van der Waals surface area contributed by atoms with Crippen LogP contribution in [-0.4, -0.2) is 42.3 Å². The molecule has 0 unspecified atom stereocenters. The zero-order valence-corrected chi connectivity index (χ0v) is 32.4. The van der Waals surface area contributed by atoms with Crippen LogP contribution in [0.5, 0.6) is 5.75 Å². The molecule has 0 saturated carbocycles. The van der Waals surface area contributed by atoms with Gasteiger partial charge in [0.2, 0.25) is 0 Å². The smallest absolute Gasteiger partial charge is 0.166 e. The zero-order valence-electron chi connectivity index (χ0n) is 30.8. The summed E-state index contributed by atoms with van der Waals surface area (Å²) < 4.78 is 50.4. The van der Waals surface area contributed by atoms with Crippen LogP contribution in [-0.2, 0) is 30.5 Å². The van der Waals surface area contributed by atoms with Crippen LogP contribution in [0.1, 0.15) is 96.9 Å². The fraction of sp³-hybridized carbons (Fsp3) is 0.526. The Labute approximate surface area is 284 Å². The first-order chi connectivity index (χ1) is 21.4. The van der Waals surface area contributed by atoms with Crippen LogP contribution in [0.25, 0.3) is 0 Å². The Kier molecular flexibility index (Phi) is 18.5. The molecule has 1 heterocycles. The van der Waals surface area contributed by atoms with Crippen molar-refractivity contribution in [2.45, 2.75) is 128 Å². The molecule has 3 aromatic rings. The first-order valence-electron chi connectivity index (χ1n) is 16.3. The predicted molar refractivity (Wildman–Crippen MR) is 194 cm³/mol. The molecule has 0 radical (unpaired) electrons. The number of rotatable bonds is 7. The predicted octanol–water partition coefficient (Wildman–Crippen LogP) is 10.1. The molecule has 0 aromatic heterocycles. The van der Waals surface area contributed by atoms with Crippen LogP contribution in [0.2, 0.25) is 0 Å². The second kappa shape index (κ2) is 19.5. The van der Waals surface area contributed by atoms with E-state index in [2.05, 4.69) is 38.1 Å². The Morgan fingerprint density at radius 3 is 1.33 bits per heavy atom. The van der Waals surface area contributed by atoms with Gasteiger partial charge in [-0.05, 0) is 90.1 Å². The summed E-state index contributed by atoms with van der Waals surface area (Å²) in [5.74, 6) is 0.153. The average Bonchev–Trinajstić information content (AvgIpc) is 3.03. The van der Waals surface area contributed by atoms with Crippen LogP contribution in [0.3, 0.4) is 0 Å². The minimum atomic E-state index is -4.55. The summed E-state index contributed by atoms with van der Waals surface area (Å²) >= 11 is 0. The number of ether oxygens (including phenoxy) is 3. The second-order valence-corrected chi connectivity index (χ2v) is 16.1. The zero-order chi connectivity index (χ0) is 35.8. The van der Waals surface area contributed by atoms with Gasteiger partial charge in [0.05, 0.1) is 28.9 Å². The topological polar surface area (TPSA) is 84.9 Å². The quantitative estimate of drug-likeness (QED) is 0.183. The Bertz CT molecular complexity index is 1270. The van der Waals surface area contributed by atoms with Gasteiger partial charge in [-0.3, -0.25) is 0 Å². The summed E-state index contributed by atoms with van der Waals surface area (Å²) in [5.41, 5.74) is -1.01. The van der Waals surface area contributed by atoms with Crippen molar-refractivity contribution in [2.24, 2.45) is 5.41 Å². The summed E-state index contributed by atoms with van der Waals surface area (Å²) in [7, 11) is -4.83. The van der Waals surface area contributed by atoms with E-state index in [4.69, 9.17) is 14.2 Å². The molecular formula is C38H60O6S2. The van der Waals surface area contributed by atoms with Gasteiger partial charge in [0.25, 0.3) is 0 Å². The lowest BCUT2D eigenvalue weighted by Crippen LogP contribution is -2.54. The van der Waals surface area contributed by atoms with Crippen LogP contribution in [0.4, 0.5) is 0 Å². The van der Waals surface area contributed by atoms with Crippen molar-refractivity contribution in [1.82, 2.24) is 0 Å². The number of hydrogen-bond donors (Lipinski definition) is 0. The molecule has 1 aliphatic rings. The van der Waals surface area contributed by atoms with Crippen molar-refractivity contribution >= 4 is 21.0 Å². The molecule has 46 heavy (non-hydrogen) atoms. The van der Waals surface area contributed by atoms with E-state index in [9.17, 15) is 13.0 Å². The minimum Gasteiger partial charge on any atom is -0.747 e. The Morgan fingerprint density at radius 1 is 0.652 bits per heavy atom. The maximum Gasteiger partial charge on any atom is 0.166 e. The monoisotopic (exact) mass is 676 g/mol. The van der Waals surface area contributed by atoms with E-state index in [-0.39, 0.29) is 22.1 Å². The fourth-order valence-electron chi connectivity index (χ4n) is 3.71. The second-order valence-electron chi connectivity index (χ2n) is 12.1. The fourth-order valence-corrected chi connectivity index (χ4v) is 6.43. The van der Waals surface area contributed by atoms with Gasteiger partial charge in [-0.1, -0.05) is 91.8 Å². The maximum atomic E-state index is 11.7. The molecular weight excluding hydrogens is 617 g/mol. The summed E-state index contributed by atoms with van der Waals surface area (Å²) in [6.45, 7) is 27.8. The van der Waals surface area contributed by atoms with E-state index in [1.165, 1.54) is 23.6 Å². The molecule has 1 saturated heterocycles. The van der Waals surface area contributed by atoms with Gasteiger partial charge in [-0.15, -0.1) is 0 Å². The molecule has 0 aliphatic carbocycles. The molecule has 8 heteroatoms. The third-order valence-electron chi connectivity index (χ3n) is 7.09. The van der Waals surface area contributed by atoms with Crippen molar-refractivity contribution in [3.8, 4) is 5.75 Å². The largest absolute Gasteiger partial charge is 0.747 e. The van der Waals surface area contributed by atoms with Gasteiger partial charge >= 0.3 is 0 Å². The highest BCUT2D eigenvalue weighted by molar-refractivity contribution is 7.97. The molecule has 6 nitrogen and oxygen atoms in total. The lowest BCUT2D eigenvalue weighted by Gasteiger charge is -2.42. The number of benzene rings is 3. The Hall–Kier alpha value is -2.36. The van der Waals surface area contributed by atoms with Crippen LogP contribution in [0, 0.1) is 5.41 Å². The molecule has 0 amide bonds. The molecule has 0 N–H and O–H groups in total. The lowest BCUT2D eigenvalue weighted by molar-refractivity contribution is -0.279. The third kappa shape index (κ3) is 13.0. The molecule has 3 aromatic carbocycles. The van der Waals surface area contributed by atoms with E-state index in [1.54, 1.807) is 13.8 Å². The SMILES string of the molecule is CC.CC.CC.CC(C)(Oc1ccc([S+](c2ccccc2)c2ccccc2)cc1)C(C)(C)S(=O)(=O)[O-].CC1(C)COC(C)(C)OC1. The standard InChI is InChI=1S/C24H26O4S2.C8H16O2.3C2H6/c1-23(2,24(3,4)30(25,26)27)28-19-15-17-22(18-16-19)29(20-11-7-5-8-12-20)21-13-9-6-10-14-21;1-7(2)5-9-8(3,4)10-6-7;3*1-2/h5-18H,1-4H3;5-6H2,1-4H3;3*1-2H3. The van der Waals surface area contributed by atoms with E-state index >= 15 is 0 Å². The molecule has 0 spiro atoms. The highest BCUT2D eigenvalue weighted by atomic mass is 32.2. The van der Waals surface area contributed by atoms with E-state index in [0.717, 1.165) is 18.1 Å². The molecule has 0 atom stereocenters. The van der Waals surface area contributed by atoms with E-state index in [1.807, 2.05) is 116 Å². The normalized spacial score (nSPS) is 15.2. The van der Waals surface area contributed by atoms with Gasteiger partial charge in [0.1, 0.15) is 21.5 Å². The van der Waals surface area contributed by atoms with Crippen molar-refractivity contribution < 1.29 is 27.2 Å². The average molecular weight is 677 g/mol.